The van der Waals surface area contributed by atoms with Gasteiger partial charge in [-0.2, -0.15) is 0 Å². The van der Waals surface area contributed by atoms with Crippen LogP contribution in [0, 0.1) is 0 Å². The summed E-state index contributed by atoms with van der Waals surface area (Å²) < 4.78 is 0. The molecule has 0 unspecified atom stereocenters. The minimum atomic E-state index is 0.546. The standard InChI is InChI=1S/C13H15ClN2/c1-3-16(4-2)11-7-5-10-6-8-13(14)15-12(10)9-11/h5-9H,3-4H2,1-2H3. The Morgan fingerprint density at radius 2 is 1.81 bits per heavy atom. The average Bonchev–Trinajstić information content (AvgIpc) is 2.30. The zero-order chi connectivity index (χ0) is 11.5. The van der Waals surface area contributed by atoms with Crippen LogP contribution in [-0.4, -0.2) is 18.1 Å². The molecular formula is C13H15ClN2. The summed E-state index contributed by atoms with van der Waals surface area (Å²) >= 11 is 5.89. The van der Waals surface area contributed by atoms with Crippen LogP contribution in [0.5, 0.6) is 0 Å². The molecule has 0 spiro atoms. The van der Waals surface area contributed by atoms with Crippen molar-refractivity contribution in [3.8, 4) is 0 Å². The lowest BCUT2D eigenvalue weighted by Crippen LogP contribution is -2.21. The number of nitrogens with zero attached hydrogens (tertiary/aromatic N) is 2. The fourth-order valence-corrected chi connectivity index (χ4v) is 2.02. The molecule has 0 aliphatic carbocycles. The summed E-state index contributed by atoms with van der Waals surface area (Å²) in [7, 11) is 0. The van der Waals surface area contributed by atoms with Crippen molar-refractivity contribution in [2.75, 3.05) is 18.0 Å². The molecule has 2 rings (SSSR count). The van der Waals surface area contributed by atoms with Gasteiger partial charge < -0.3 is 4.90 Å². The van der Waals surface area contributed by atoms with Crippen LogP contribution in [0.25, 0.3) is 10.9 Å². The third kappa shape index (κ3) is 2.12. The molecule has 2 nitrogen and oxygen atoms in total. The third-order valence-electron chi connectivity index (χ3n) is 2.77. The first-order chi connectivity index (χ1) is 7.74. The predicted octanol–water partition coefficient (Wildman–Crippen LogP) is 3.73. The van der Waals surface area contributed by atoms with Gasteiger partial charge >= 0.3 is 0 Å². The van der Waals surface area contributed by atoms with E-state index in [1.54, 1.807) is 0 Å². The molecule has 0 aliphatic rings. The topological polar surface area (TPSA) is 16.1 Å². The summed E-state index contributed by atoms with van der Waals surface area (Å²) in [5.41, 5.74) is 2.16. The van der Waals surface area contributed by atoms with Gasteiger partial charge in [-0.1, -0.05) is 17.7 Å². The van der Waals surface area contributed by atoms with Crippen LogP contribution < -0.4 is 4.90 Å². The highest BCUT2D eigenvalue weighted by Gasteiger charge is 2.03. The summed E-state index contributed by atoms with van der Waals surface area (Å²) in [6.07, 6.45) is 0. The quantitative estimate of drug-likeness (QED) is 0.753. The number of fused-ring (bicyclic) bond motifs is 1. The molecule has 0 saturated carbocycles. The summed E-state index contributed by atoms with van der Waals surface area (Å²) in [5.74, 6) is 0. The first-order valence-electron chi connectivity index (χ1n) is 5.56. The van der Waals surface area contributed by atoms with E-state index in [1.807, 2.05) is 12.1 Å². The number of hydrogen-bond acceptors (Lipinski definition) is 2. The van der Waals surface area contributed by atoms with E-state index >= 15 is 0 Å². The van der Waals surface area contributed by atoms with Gasteiger partial charge in [-0.3, -0.25) is 0 Å². The van der Waals surface area contributed by atoms with Gasteiger partial charge in [-0.15, -0.1) is 0 Å². The summed E-state index contributed by atoms with van der Waals surface area (Å²) in [6.45, 7) is 6.31. The Bertz CT molecular complexity index is 492. The van der Waals surface area contributed by atoms with Crippen LogP contribution in [0.4, 0.5) is 5.69 Å². The van der Waals surface area contributed by atoms with Crippen LogP contribution >= 0.6 is 11.6 Å². The summed E-state index contributed by atoms with van der Waals surface area (Å²) in [4.78, 5) is 6.62. The van der Waals surface area contributed by atoms with E-state index in [0.29, 0.717) is 5.15 Å². The van der Waals surface area contributed by atoms with Crippen molar-refractivity contribution in [2.45, 2.75) is 13.8 Å². The second-order valence-corrected chi connectivity index (χ2v) is 4.07. The SMILES string of the molecule is CCN(CC)c1ccc2ccc(Cl)nc2c1. The van der Waals surface area contributed by atoms with E-state index in [1.165, 1.54) is 5.69 Å². The van der Waals surface area contributed by atoms with Crippen LogP contribution in [0.1, 0.15) is 13.8 Å². The molecule has 0 fully saturated rings. The van der Waals surface area contributed by atoms with Gasteiger partial charge in [-0.05, 0) is 38.1 Å². The zero-order valence-electron chi connectivity index (χ0n) is 9.57. The van der Waals surface area contributed by atoms with E-state index in [9.17, 15) is 0 Å². The molecule has 0 aliphatic heterocycles. The number of rotatable bonds is 3. The molecule has 0 N–H and O–H groups in total. The molecule has 0 bridgehead atoms. The highest BCUT2D eigenvalue weighted by molar-refractivity contribution is 6.29. The first-order valence-corrected chi connectivity index (χ1v) is 5.93. The summed E-state index contributed by atoms with van der Waals surface area (Å²) in [6, 6.07) is 10.1. The van der Waals surface area contributed by atoms with Crippen LogP contribution in [0.3, 0.4) is 0 Å². The number of pyridine rings is 1. The molecule has 0 radical (unpaired) electrons. The Morgan fingerprint density at radius 3 is 2.50 bits per heavy atom. The molecule has 0 atom stereocenters. The number of benzene rings is 1. The van der Waals surface area contributed by atoms with Crippen LogP contribution in [0.15, 0.2) is 30.3 Å². The lowest BCUT2D eigenvalue weighted by atomic mass is 10.2. The van der Waals surface area contributed by atoms with E-state index in [4.69, 9.17) is 11.6 Å². The maximum atomic E-state index is 5.89. The summed E-state index contributed by atoms with van der Waals surface area (Å²) in [5, 5.41) is 1.67. The van der Waals surface area contributed by atoms with Crippen molar-refractivity contribution in [3.63, 3.8) is 0 Å². The van der Waals surface area contributed by atoms with Gasteiger partial charge in [0.05, 0.1) is 5.52 Å². The van der Waals surface area contributed by atoms with Gasteiger partial charge in [0.1, 0.15) is 5.15 Å². The zero-order valence-corrected chi connectivity index (χ0v) is 10.3. The highest BCUT2D eigenvalue weighted by Crippen LogP contribution is 2.22. The van der Waals surface area contributed by atoms with Gasteiger partial charge in [0.2, 0.25) is 0 Å². The third-order valence-corrected chi connectivity index (χ3v) is 2.98. The normalized spacial score (nSPS) is 10.7. The molecule has 2 aromatic rings. The Balaban J connectivity index is 2.49. The van der Waals surface area contributed by atoms with Crippen molar-refractivity contribution < 1.29 is 0 Å². The lowest BCUT2D eigenvalue weighted by molar-refractivity contribution is 0.867. The Labute approximate surface area is 101 Å². The van der Waals surface area contributed by atoms with E-state index < -0.39 is 0 Å². The molecule has 84 valence electrons. The second-order valence-electron chi connectivity index (χ2n) is 3.68. The number of aromatic nitrogens is 1. The molecule has 0 amide bonds. The largest absolute Gasteiger partial charge is 0.372 e. The average molecular weight is 235 g/mol. The van der Waals surface area contributed by atoms with E-state index in [0.717, 1.165) is 24.0 Å². The smallest absolute Gasteiger partial charge is 0.129 e. The van der Waals surface area contributed by atoms with Crippen molar-refractivity contribution in [2.24, 2.45) is 0 Å². The van der Waals surface area contributed by atoms with Crippen LogP contribution in [-0.2, 0) is 0 Å². The first kappa shape index (κ1) is 11.2. The molecule has 1 aromatic heterocycles. The van der Waals surface area contributed by atoms with Crippen molar-refractivity contribution >= 4 is 28.2 Å². The van der Waals surface area contributed by atoms with Gasteiger partial charge in [-0.25, -0.2) is 4.98 Å². The molecule has 3 heteroatoms. The fraction of sp³-hybridized carbons (Fsp3) is 0.308. The number of anilines is 1. The molecular weight excluding hydrogens is 220 g/mol. The molecule has 1 heterocycles. The lowest BCUT2D eigenvalue weighted by Gasteiger charge is -2.21. The molecule has 0 saturated heterocycles. The van der Waals surface area contributed by atoms with Crippen LogP contribution in [0.2, 0.25) is 5.15 Å². The van der Waals surface area contributed by atoms with E-state index in [2.05, 4.69) is 41.9 Å². The maximum absolute atomic E-state index is 5.89. The highest BCUT2D eigenvalue weighted by atomic mass is 35.5. The van der Waals surface area contributed by atoms with Crippen molar-refractivity contribution in [1.82, 2.24) is 4.98 Å². The maximum Gasteiger partial charge on any atom is 0.129 e. The van der Waals surface area contributed by atoms with Gasteiger partial charge in [0.15, 0.2) is 0 Å². The fourth-order valence-electron chi connectivity index (χ4n) is 1.87. The second kappa shape index (κ2) is 4.71. The molecule has 1 aromatic carbocycles. The number of halogens is 1. The predicted molar refractivity (Wildman–Crippen MR) is 70.3 cm³/mol. The monoisotopic (exact) mass is 234 g/mol. The van der Waals surface area contributed by atoms with E-state index in [-0.39, 0.29) is 0 Å². The van der Waals surface area contributed by atoms with Gasteiger partial charge in [0, 0.05) is 24.2 Å². The number of hydrogen-bond donors (Lipinski definition) is 0. The Kier molecular flexibility index (Phi) is 3.30. The Hall–Kier alpha value is -1.28. The minimum absolute atomic E-state index is 0.546. The van der Waals surface area contributed by atoms with Gasteiger partial charge in [0.25, 0.3) is 0 Å². The molecule has 16 heavy (non-hydrogen) atoms. The van der Waals surface area contributed by atoms with Crippen molar-refractivity contribution in [3.05, 3.63) is 35.5 Å². The minimum Gasteiger partial charge on any atom is -0.372 e. The van der Waals surface area contributed by atoms with Crippen molar-refractivity contribution in [1.29, 1.82) is 0 Å². The Morgan fingerprint density at radius 1 is 1.12 bits per heavy atom.